The van der Waals surface area contributed by atoms with Crippen molar-refractivity contribution >= 4 is 24.1 Å². The first-order chi connectivity index (χ1) is 5.94. The minimum atomic E-state index is -0.377. The predicted octanol–water partition coefficient (Wildman–Crippen LogP) is 0.520. The molecule has 1 amide bonds. The maximum Gasteiger partial charge on any atom is 0.245 e. The van der Waals surface area contributed by atoms with Gasteiger partial charge in [-0.1, -0.05) is 13.8 Å². The molecule has 0 bridgehead atoms. The van der Waals surface area contributed by atoms with Gasteiger partial charge in [-0.25, -0.2) is 0 Å². The Morgan fingerprint density at radius 1 is 1.43 bits per heavy atom. The molecule has 0 atom stereocenters. The predicted molar refractivity (Wildman–Crippen MR) is 51.9 cm³/mol. The van der Waals surface area contributed by atoms with E-state index in [2.05, 4.69) is 0 Å². The first-order valence-electron chi connectivity index (χ1n) is 4.16. The van der Waals surface area contributed by atoms with E-state index >= 15 is 0 Å². The van der Waals surface area contributed by atoms with Crippen LogP contribution in [0.1, 0.15) is 26.7 Å². The summed E-state index contributed by atoms with van der Waals surface area (Å²) in [4.78, 5) is 22.4. The van der Waals surface area contributed by atoms with Crippen LogP contribution in [0.15, 0.2) is 0 Å². The molecular formula is C8H15ClN2O3. The molecule has 14 heavy (non-hydrogen) atoms. The van der Waals surface area contributed by atoms with Gasteiger partial charge in [0.1, 0.15) is 5.78 Å². The van der Waals surface area contributed by atoms with Gasteiger partial charge in [0.25, 0.3) is 0 Å². The average Bonchev–Trinajstić information content (AvgIpc) is 2.06. The fraction of sp³-hybridized carbons (Fsp3) is 0.750. The molecule has 6 heteroatoms. The van der Waals surface area contributed by atoms with E-state index in [4.69, 9.17) is 5.21 Å². The van der Waals surface area contributed by atoms with Gasteiger partial charge < -0.3 is 0 Å². The van der Waals surface area contributed by atoms with E-state index in [0.717, 1.165) is 5.01 Å². The van der Waals surface area contributed by atoms with Gasteiger partial charge in [0.2, 0.25) is 5.91 Å². The molecule has 0 aromatic rings. The molecule has 2 N–H and O–H groups in total. The molecular weight excluding hydrogens is 208 g/mol. The Kier molecular flexibility index (Phi) is 4.51. The quantitative estimate of drug-likeness (QED) is 0.501. The SMILES string of the molecule is CC1(C)CC(=O)CC(=O)N(NO)C1.Cl. The van der Waals surface area contributed by atoms with Crippen molar-refractivity contribution in [1.29, 1.82) is 0 Å². The van der Waals surface area contributed by atoms with Crippen LogP contribution in [0, 0.1) is 5.41 Å². The first-order valence-corrected chi connectivity index (χ1v) is 4.16. The minimum Gasteiger partial charge on any atom is -0.299 e. The number of ketones is 1. The number of hydrazine groups is 1. The average molecular weight is 223 g/mol. The minimum absolute atomic E-state index is 0. The molecule has 0 aromatic heterocycles. The standard InChI is InChI=1S/C8H14N2O3.ClH/c1-8(2)4-6(11)3-7(12)10(5-8)9-13;/h9,13H,3-5H2,1-2H3;1H. The number of nitrogens with zero attached hydrogens (tertiary/aromatic N) is 1. The largest absolute Gasteiger partial charge is 0.299 e. The lowest BCUT2D eigenvalue weighted by molar-refractivity contribution is -0.146. The number of halogens is 1. The monoisotopic (exact) mass is 222 g/mol. The summed E-state index contributed by atoms with van der Waals surface area (Å²) in [5, 5.41) is 9.72. The number of nitrogens with one attached hydrogen (secondary N) is 1. The smallest absolute Gasteiger partial charge is 0.245 e. The van der Waals surface area contributed by atoms with E-state index in [9.17, 15) is 9.59 Å². The van der Waals surface area contributed by atoms with Crippen LogP contribution >= 0.6 is 12.4 Å². The molecule has 0 spiro atoms. The highest BCUT2D eigenvalue weighted by atomic mass is 35.5. The second-order valence-corrected chi connectivity index (χ2v) is 4.14. The molecule has 1 aliphatic heterocycles. The Labute approximate surface area is 88.8 Å². The molecule has 0 radical (unpaired) electrons. The fourth-order valence-electron chi connectivity index (χ4n) is 1.52. The van der Waals surface area contributed by atoms with E-state index < -0.39 is 0 Å². The number of carbonyl (C=O) groups is 2. The van der Waals surface area contributed by atoms with Crippen LogP contribution in [0.2, 0.25) is 0 Å². The Morgan fingerprint density at radius 3 is 2.50 bits per heavy atom. The molecule has 1 aliphatic rings. The Hall–Kier alpha value is -0.650. The molecule has 0 aliphatic carbocycles. The summed E-state index contributed by atoms with van der Waals surface area (Å²) >= 11 is 0. The Bertz CT molecular complexity index is 243. The number of amides is 1. The van der Waals surface area contributed by atoms with E-state index in [-0.39, 0.29) is 35.9 Å². The lowest BCUT2D eigenvalue weighted by Crippen LogP contribution is -2.44. The topological polar surface area (TPSA) is 69.6 Å². The molecule has 5 nitrogen and oxygen atoms in total. The highest BCUT2D eigenvalue weighted by Gasteiger charge is 2.32. The van der Waals surface area contributed by atoms with Crippen molar-refractivity contribution in [3.8, 4) is 0 Å². The van der Waals surface area contributed by atoms with Crippen molar-refractivity contribution in [2.75, 3.05) is 6.54 Å². The van der Waals surface area contributed by atoms with E-state index in [0.29, 0.717) is 13.0 Å². The lowest BCUT2D eigenvalue weighted by atomic mass is 9.88. The zero-order valence-corrected chi connectivity index (χ0v) is 9.06. The molecule has 1 fully saturated rings. The summed E-state index contributed by atoms with van der Waals surface area (Å²) in [5.41, 5.74) is 1.52. The highest BCUT2D eigenvalue weighted by Crippen LogP contribution is 2.25. The van der Waals surface area contributed by atoms with Crippen LogP contribution in [-0.4, -0.2) is 28.5 Å². The van der Waals surface area contributed by atoms with Gasteiger partial charge in [0.15, 0.2) is 0 Å². The second kappa shape index (κ2) is 4.72. The van der Waals surface area contributed by atoms with Crippen molar-refractivity contribution in [3.63, 3.8) is 0 Å². The molecule has 1 rings (SSSR count). The van der Waals surface area contributed by atoms with Gasteiger partial charge in [-0.2, -0.15) is 0 Å². The van der Waals surface area contributed by atoms with Gasteiger partial charge in [-0.05, 0) is 5.41 Å². The van der Waals surface area contributed by atoms with Gasteiger partial charge in [-0.3, -0.25) is 19.8 Å². The van der Waals surface area contributed by atoms with Crippen LogP contribution < -0.4 is 5.59 Å². The number of carbonyl (C=O) groups excluding carboxylic acids is 2. The van der Waals surface area contributed by atoms with Crippen molar-refractivity contribution < 1.29 is 14.8 Å². The molecule has 82 valence electrons. The van der Waals surface area contributed by atoms with Gasteiger partial charge >= 0.3 is 0 Å². The molecule has 0 saturated carbocycles. The lowest BCUT2D eigenvalue weighted by Gasteiger charge is -2.26. The molecule has 0 unspecified atom stereocenters. The van der Waals surface area contributed by atoms with Crippen LogP contribution in [0.3, 0.4) is 0 Å². The summed E-state index contributed by atoms with van der Waals surface area (Å²) in [6.07, 6.45) is 0.244. The maximum atomic E-state index is 11.2. The first kappa shape index (κ1) is 13.4. The van der Waals surface area contributed by atoms with E-state index in [1.807, 2.05) is 13.8 Å². The van der Waals surface area contributed by atoms with Gasteiger partial charge in [-0.15, -0.1) is 18.0 Å². The van der Waals surface area contributed by atoms with Crippen LogP contribution in [-0.2, 0) is 9.59 Å². The summed E-state index contributed by atoms with van der Waals surface area (Å²) < 4.78 is 0. The van der Waals surface area contributed by atoms with Crippen LogP contribution in [0.5, 0.6) is 0 Å². The van der Waals surface area contributed by atoms with Crippen LogP contribution in [0.4, 0.5) is 0 Å². The molecule has 0 aromatic carbocycles. The third-order valence-corrected chi connectivity index (χ3v) is 2.03. The van der Waals surface area contributed by atoms with Gasteiger partial charge in [0, 0.05) is 13.0 Å². The van der Waals surface area contributed by atoms with Crippen molar-refractivity contribution in [2.45, 2.75) is 26.7 Å². The zero-order chi connectivity index (χ0) is 10.1. The third kappa shape index (κ3) is 3.25. The number of Topliss-reactive ketones (excluding diaryl/α,β-unsaturated/α-hetero) is 1. The Balaban J connectivity index is 0.00000169. The normalized spacial score (nSPS) is 21.5. The second-order valence-electron chi connectivity index (χ2n) is 4.14. The summed E-state index contributed by atoms with van der Waals surface area (Å²) in [6.45, 7) is 4.11. The number of hydrogen-bond acceptors (Lipinski definition) is 4. The van der Waals surface area contributed by atoms with Crippen molar-refractivity contribution in [1.82, 2.24) is 10.6 Å². The van der Waals surface area contributed by atoms with Crippen molar-refractivity contribution in [2.24, 2.45) is 5.41 Å². The van der Waals surface area contributed by atoms with Gasteiger partial charge in [0.05, 0.1) is 6.42 Å². The summed E-state index contributed by atoms with van der Waals surface area (Å²) in [7, 11) is 0. The third-order valence-electron chi connectivity index (χ3n) is 2.03. The summed E-state index contributed by atoms with van der Waals surface area (Å²) in [6, 6.07) is 0. The molecule has 1 heterocycles. The molecule has 1 saturated heterocycles. The number of hydrogen-bond donors (Lipinski definition) is 2. The maximum absolute atomic E-state index is 11.2. The van der Waals surface area contributed by atoms with E-state index in [1.165, 1.54) is 0 Å². The highest BCUT2D eigenvalue weighted by molar-refractivity contribution is 5.98. The van der Waals surface area contributed by atoms with Crippen LogP contribution in [0.25, 0.3) is 0 Å². The van der Waals surface area contributed by atoms with Crippen molar-refractivity contribution in [3.05, 3.63) is 0 Å². The van der Waals surface area contributed by atoms with E-state index in [1.54, 1.807) is 5.59 Å². The Morgan fingerprint density at radius 2 is 2.00 bits per heavy atom. The fourth-order valence-corrected chi connectivity index (χ4v) is 1.52. The summed E-state index contributed by atoms with van der Waals surface area (Å²) in [5.74, 6) is -0.453. The number of rotatable bonds is 1. The zero-order valence-electron chi connectivity index (χ0n) is 8.24.